The Balaban J connectivity index is 2.13. The van der Waals surface area contributed by atoms with Crippen molar-refractivity contribution in [2.45, 2.75) is 39.7 Å². The zero-order valence-corrected chi connectivity index (χ0v) is 19.9. The smallest absolute Gasteiger partial charge is 0.322 e. The molecule has 1 N–H and O–H groups in total. The predicted molar refractivity (Wildman–Crippen MR) is 126 cm³/mol. The number of nitrogens with one attached hydrogen (secondary N) is 1. The van der Waals surface area contributed by atoms with Crippen molar-refractivity contribution in [3.63, 3.8) is 0 Å². The van der Waals surface area contributed by atoms with Gasteiger partial charge in [0.1, 0.15) is 18.0 Å². The van der Waals surface area contributed by atoms with Crippen LogP contribution in [0.15, 0.2) is 36.5 Å². The van der Waals surface area contributed by atoms with E-state index in [1.165, 1.54) is 7.11 Å². The molecule has 0 atom stereocenters. The monoisotopic (exact) mass is 444 g/mol. The number of urea groups is 1. The van der Waals surface area contributed by atoms with Crippen LogP contribution in [0.3, 0.4) is 0 Å². The largest absolute Gasteiger partial charge is 0.497 e. The molecular formula is C24H36N4O4. The molecule has 0 aliphatic heterocycles. The first-order valence-electron chi connectivity index (χ1n) is 11.1. The van der Waals surface area contributed by atoms with Gasteiger partial charge in [0.15, 0.2) is 0 Å². The van der Waals surface area contributed by atoms with Gasteiger partial charge >= 0.3 is 6.03 Å². The summed E-state index contributed by atoms with van der Waals surface area (Å²) in [5.41, 5.74) is 1.59. The number of ether oxygens (including phenoxy) is 2. The van der Waals surface area contributed by atoms with Crippen molar-refractivity contribution in [2.24, 2.45) is 7.05 Å². The second-order valence-electron chi connectivity index (χ2n) is 7.70. The lowest BCUT2D eigenvalue weighted by molar-refractivity contribution is -0.132. The van der Waals surface area contributed by atoms with Crippen LogP contribution in [0.4, 0.5) is 10.5 Å². The number of aryl methyl sites for hydroxylation is 1. The first-order valence-corrected chi connectivity index (χ1v) is 11.1. The van der Waals surface area contributed by atoms with Gasteiger partial charge in [0.05, 0.1) is 26.5 Å². The number of nitrogens with zero attached hydrogens (tertiary/aromatic N) is 3. The van der Waals surface area contributed by atoms with E-state index in [0.717, 1.165) is 25.0 Å². The van der Waals surface area contributed by atoms with Gasteiger partial charge in [-0.2, -0.15) is 0 Å². The highest BCUT2D eigenvalue weighted by molar-refractivity contribution is 5.93. The van der Waals surface area contributed by atoms with Crippen LogP contribution in [0.2, 0.25) is 0 Å². The van der Waals surface area contributed by atoms with Crippen molar-refractivity contribution >= 4 is 17.6 Å². The zero-order chi connectivity index (χ0) is 23.5. The third-order valence-corrected chi connectivity index (χ3v) is 5.30. The number of carbonyl (C=O) groups is 2. The second kappa shape index (κ2) is 12.6. The van der Waals surface area contributed by atoms with Crippen LogP contribution >= 0.6 is 0 Å². The van der Waals surface area contributed by atoms with Gasteiger partial charge in [0, 0.05) is 38.1 Å². The molecule has 8 nitrogen and oxygen atoms in total. The van der Waals surface area contributed by atoms with E-state index in [1.54, 1.807) is 30.2 Å². The summed E-state index contributed by atoms with van der Waals surface area (Å²) < 4.78 is 12.6. The molecule has 176 valence electrons. The molecule has 1 aromatic carbocycles. The van der Waals surface area contributed by atoms with Crippen molar-refractivity contribution in [2.75, 3.05) is 39.2 Å². The number of hydrogen-bond donors (Lipinski definition) is 1. The van der Waals surface area contributed by atoms with Gasteiger partial charge in [0.25, 0.3) is 0 Å². The maximum Gasteiger partial charge on any atom is 0.322 e. The molecular weight excluding hydrogens is 408 g/mol. The Morgan fingerprint density at radius 1 is 1.03 bits per heavy atom. The molecule has 0 saturated heterocycles. The van der Waals surface area contributed by atoms with Gasteiger partial charge in [-0.3, -0.25) is 4.79 Å². The van der Waals surface area contributed by atoms with E-state index in [2.05, 4.69) is 12.2 Å². The van der Waals surface area contributed by atoms with Crippen LogP contribution in [0.5, 0.6) is 11.5 Å². The summed E-state index contributed by atoms with van der Waals surface area (Å²) in [6.45, 7) is 5.76. The summed E-state index contributed by atoms with van der Waals surface area (Å²) in [5.74, 6) is 1.06. The predicted octanol–water partition coefficient (Wildman–Crippen LogP) is 4.12. The van der Waals surface area contributed by atoms with E-state index in [1.807, 2.05) is 41.8 Å². The fourth-order valence-corrected chi connectivity index (χ4v) is 3.38. The normalized spacial score (nSPS) is 10.5. The molecule has 0 bridgehead atoms. The molecule has 0 fully saturated rings. The Labute approximate surface area is 191 Å². The zero-order valence-electron chi connectivity index (χ0n) is 19.9. The van der Waals surface area contributed by atoms with E-state index in [4.69, 9.17) is 9.47 Å². The van der Waals surface area contributed by atoms with E-state index in [-0.39, 0.29) is 18.5 Å². The van der Waals surface area contributed by atoms with Crippen molar-refractivity contribution < 1.29 is 19.1 Å². The summed E-state index contributed by atoms with van der Waals surface area (Å²) >= 11 is 0. The topological polar surface area (TPSA) is 76.0 Å². The van der Waals surface area contributed by atoms with Gasteiger partial charge in [-0.25, -0.2) is 4.79 Å². The van der Waals surface area contributed by atoms with Crippen molar-refractivity contribution in [1.29, 1.82) is 0 Å². The highest BCUT2D eigenvalue weighted by atomic mass is 16.5. The molecule has 2 aromatic rings. The first kappa shape index (κ1) is 25.1. The molecule has 8 heteroatoms. The molecule has 3 amide bonds. The van der Waals surface area contributed by atoms with Crippen LogP contribution in [0.1, 0.15) is 38.8 Å². The molecule has 0 aliphatic carbocycles. The second-order valence-corrected chi connectivity index (χ2v) is 7.70. The van der Waals surface area contributed by atoms with Crippen LogP contribution in [0, 0.1) is 0 Å². The number of amides is 3. The lowest BCUT2D eigenvalue weighted by atomic mass is 10.2. The Kier molecular flexibility index (Phi) is 9.91. The Morgan fingerprint density at radius 2 is 1.81 bits per heavy atom. The van der Waals surface area contributed by atoms with Crippen LogP contribution in [-0.2, 0) is 18.4 Å². The number of methoxy groups -OCH3 is 2. The Bertz CT molecular complexity index is 881. The molecule has 0 aliphatic rings. The Hall–Kier alpha value is -3.16. The number of hydrogen-bond acceptors (Lipinski definition) is 4. The van der Waals surface area contributed by atoms with E-state index in [0.29, 0.717) is 36.8 Å². The van der Waals surface area contributed by atoms with Crippen molar-refractivity contribution in [3.05, 3.63) is 42.2 Å². The van der Waals surface area contributed by atoms with E-state index in [9.17, 15) is 9.59 Å². The van der Waals surface area contributed by atoms with Gasteiger partial charge in [-0.1, -0.05) is 20.3 Å². The quantitative estimate of drug-likeness (QED) is 0.534. The number of aromatic nitrogens is 1. The van der Waals surface area contributed by atoms with Gasteiger partial charge in [-0.15, -0.1) is 0 Å². The fourth-order valence-electron chi connectivity index (χ4n) is 3.38. The number of unbranched alkanes of at least 4 members (excludes halogenated alkanes) is 1. The van der Waals surface area contributed by atoms with Gasteiger partial charge in [-0.05, 0) is 37.1 Å². The highest BCUT2D eigenvalue weighted by Gasteiger charge is 2.22. The molecule has 0 spiro atoms. The number of anilines is 1. The number of benzene rings is 1. The first-order chi connectivity index (χ1) is 15.4. The third kappa shape index (κ3) is 6.93. The molecule has 0 unspecified atom stereocenters. The van der Waals surface area contributed by atoms with Crippen LogP contribution < -0.4 is 14.8 Å². The molecule has 0 saturated carbocycles. The van der Waals surface area contributed by atoms with Crippen molar-refractivity contribution in [3.8, 4) is 11.5 Å². The minimum atomic E-state index is -0.335. The standard InChI is InChI=1S/C24H36N4O4/c1-6-8-15-27(17-19-10-9-14-26(19)3)23(29)18-28(13-7-2)24(30)25-21-12-11-20(31-4)16-22(21)32-5/h9-12,14,16H,6-8,13,15,17-18H2,1-5H3,(H,25,30). The van der Waals surface area contributed by atoms with E-state index < -0.39 is 0 Å². The average molecular weight is 445 g/mol. The van der Waals surface area contributed by atoms with Crippen LogP contribution in [0.25, 0.3) is 0 Å². The number of carbonyl (C=O) groups excluding carboxylic acids is 2. The SMILES string of the molecule is CCCCN(Cc1cccn1C)C(=O)CN(CCC)C(=O)Nc1ccc(OC)cc1OC. The average Bonchev–Trinajstić information content (AvgIpc) is 3.20. The minimum absolute atomic E-state index is 0.0201. The Morgan fingerprint density at radius 3 is 2.41 bits per heavy atom. The van der Waals surface area contributed by atoms with Crippen molar-refractivity contribution in [1.82, 2.24) is 14.4 Å². The maximum atomic E-state index is 13.2. The molecule has 32 heavy (non-hydrogen) atoms. The summed E-state index contributed by atoms with van der Waals surface area (Å²) in [5, 5.41) is 2.87. The third-order valence-electron chi connectivity index (χ3n) is 5.30. The maximum absolute atomic E-state index is 13.2. The van der Waals surface area contributed by atoms with Gasteiger partial charge < -0.3 is 29.2 Å². The minimum Gasteiger partial charge on any atom is -0.497 e. The van der Waals surface area contributed by atoms with E-state index >= 15 is 0 Å². The molecule has 2 rings (SSSR count). The summed E-state index contributed by atoms with van der Waals surface area (Å²) in [4.78, 5) is 29.6. The lowest BCUT2D eigenvalue weighted by Crippen LogP contribution is -2.45. The van der Waals surface area contributed by atoms with Gasteiger partial charge in [0.2, 0.25) is 5.91 Å². The fraction of sp³-hybridized carbons (Fsp3) is 0.500. The lowest BCUT2D eigenvalue weighted by Gasteiger charge is -2.28. The summed E-state index contributed by atoms with van der Waals surface area (Å²) in [6.07, 6.45) is 4.62. The van der Waals surface area contributed by atoms with Crippen LogP contribution in [-0.4, -0.2) is 60.2 Å². The molecule has 0 radical (unpaired) electrons. The molecule has 1 heterocycles. The summed E-state index contributed by atoms with van der Waals surface area (Å²) in [6, 6.07) is 8.83. The summed E-state index contributed by atoms with van der Waals surface area (Å²) in [7, 11) is 5.07. The highest BCUT2D eigenvalue weighted by Crippen LogP contribution is 2.29. The molecule has 1 aromatic heterocycles. The number of rotatable bonds is 12.